The highest BCUT2D eigenvalue weighted by Crippen LogP contribution is 2.29. The summed E-state index contributed by atoms with van der Waals surface area (Å²) in [5, 5.41) is 4.20. The third kappa shape index (κ3) is 6.07. The number of nitrogens with zero attached hydrogens (tertiary/aromatic N) is 3. The lowest BCUT2D eigenvalue weighted by Crippen LogP contribution is -2.43. The second kappa shape index (κ2) is 9.69. The van der Waals surface area contributed by atoms with Crippen molar-refractivity contribution >= 4 is 27.2 Å². The normalized spacial score (nSPS) is 14.3. The van der Waals surface area contributed by atoms with Crippen molar-refractivity contribution in [3.05, 3.63) is 47.3 Å². The fourth-order valence-electron chi connectivity index (χ4n) is 3.63. The van der Waals surface area contributed by atoms with E-state index in [1.807, 2.05) is 35.8 Å². The maximum absolute atomic E-state index is 13.3. The number of aromatic nitrogens is 2. The van der Waals surface area contributed by atoms with Gasteiger partial charge in [0.2, 0.25) is 15.0 Å². The molecule has 1 aliphatic rings. The largest absolute Gasteiger partial charge is 0.360 e. The van der Waals surface area contributed by atoms with Crippen LogP contribution < -0.4 is 5.32 Å². The topological polar surface area (TPSA) is 67.2 Å². The highest BCUT2D eigenvalue weighted by molar-refractivity contribution is 7.90. The second-order valence-electron chi connectivity index (χ2n) is 9.19. The predicted molar refractivity (Wildman–Crippen MR) is 129 cm³/mol. The van der Waals surface area contributed by atoms with Crippen LogP contribution in [0.25, 0.3) is 0 Å². The molecule has 0 unspecified atom stereocenters. The summed E-state index contributed by atoms with van der Waals surface area (Å²) in [6.07, 6.45) is 3.92. The van der Waals surface area contributed by atoms with Crippen molar-refractivity contribution in [2.45, 2.75) is 83.5 Å². The Labute approximate surface area is 192 Å². The first-order valence-electron chi connectivity index (χ1n) is 11.0. The molecule has 0 aliphatic heterocycles. The fourth-order valence-corrected chi connectivity index (χ4v) is 5.68. The minimum atomic E-state index is -3.59. The Balaban J connectivity index is 1.92. The zero-order valence-corrected chi connectivity index (χ0v) is 20.8. The van der Waals surface area contributed by atoms with E-state index < -0.39 is 9.84 Å². The molecule has 1 aromatic carbocycles. The molecule has 1 aliphatic carbocycles. The van der Waals surface area contributed by atoms with Gasteiger partial charge in [-0.3, -0.25) is 0 Å². The van der Waals surface area contributed by atoms with Crippen LogP contribution in [0.3, 0.4) is 0 Å². The molecule has 170 valence electrons. The van der Waals surface area contributed by atoms with Crippen LogP contribution in [0.2, 0.25) is 0 Å². The monoisotopic (exact) mass is 462 g/mol. The summed E-state index contributed by atoms with van der Waals surface area (Å²) in [6.45, 7) is 11.4. The SMILES string of the molecule is Cc1ccccc1CS(=O)(=O)c1ncc(CN(C(=S)NC(C)C)C2CC2)n1CC(C)C. The predicted octanol–water partition coefficient (Wildman–Crippen LogP) is 4.07. The van der Waals surface area contributed by atoms with E-state index >= 15 is 0 Å². The van der Waals surface area contributed by atoms with Gasteiger partial charge in [-0.25, -0.2) is 13.4 Å². The Hall–Kier alpha value is -1.93. The van der Waals surface area contributed by atoms with E-state index in [4.69, 9.17) is 12.2 Å². The van der Waals surface area contributed by atoms with Crippen LogP contribution in [0.4, 0.5) is 0 Å². The molecular weight excluding hydrogens is 428 g/mol. The molecule has 3 rings (SSSR count). The smallest absolute Gasteiger partial charge is 0.228 e. The molecule has 0 amide bonds. The summed E-state index contributed by atoms with van der Waals surface area (Å²) < 4.78 is 28.6. The van der Waals surface area contributed by atoms with E-state index in [0.717, 1.165) is 34.8 Å². The van der Waals surface area contributed by atoms with Crippen LogP contribution in [0.5, 0.6) is 0 Å². The lowest BCUT2D eigenvalue weighted by Gasteiger charge is -2.28. The molecule has 8 heteroatoms. The van der Waals surface area contributed by atoms with Gasteiger partial charge in [-0.15, -0.1) is 0 Å². The summed E-state index contributed by atoms with van der Waals surface area (Å²) in [4.78, 5) is 6.59. The van der Waals surface area contributed by atoms with Crippen molar-refractivity contribution in [3.8, 4) is 0 Å². The number of sulfone groups is 1. The maximum atomic E-state index is 13.3. The fraction of sp³-hybridized carbons (Fsp3) is 0.565. The van der Waals surface area contributed by atoms with Gasteiger partial charge in [0.1, 0.15) is 0 Å². The van der Waals surface area contributed by atoms with E-state index in [1.165, 1.54) is 0 Å². The molecule has 1 heterocycles. The Morgan fingerprint density at radius 1 is 1.26 bits per heavy atom. The number of hydrogen-bond donors (Lipinski definition) is 1. The summed E-state index contributed by atoms with van der Waals surface area (Å²) >= 11 is 5.65. The van der Waals surface area contributed by atoms with Crippen LogP contribution in [0.15, 0.2) is 35.6 Å². The quantitative estimate of drug-likeness (QED) is 0.567. The van der Waals surface area contributed by atoms with E-state index in [0.29, 0.717) is 19.1 Å². The number of thiocarbonyl (C=S) groups is 1. The molecular formula is C23H34N4O2S2. The van der Waals surface area contributed by atoms with Gasteiger partial charge in [0.25, 0.3) is 0 Å². The van der Waals surface area contributed by atoms with Crippen molar-refractivity contribution in [2.75, 3.05) is 0 Å². The first kappa shape index (κ1) is 23.7. The molecule has 1 fully saturated rings. The van der Waals surface area contributed by atoms with Crippen LogP contribution in [0, 0.1) is 12.8 Å². The van der Waals surface area contributed by atoms with E-state index in [1.54, 1.807) is 6.20 Å². The van der Waals surface area contributed by atoms with Gasteiger partial charge in [-0.1, -0.05) is 38.1 Å². The van der Waals surface area contributed by atoms with Gasteiger partial charge < -0.3 is 14.8 Å². The molecule has 1 N–H and O–H groups in total. The highest BCUT2D eigenvalue weighted by atomic mass is 32.2. The maximum Gasteiger partial charge on any atom is 0.228 e. The van der Waals surface area contributed by atoms with Gasteiger partial charge in [0.15, 0.2) is 5.11 Å². The number of benzene rings is 1. The summed E-state index contributed by atoms with van der Waals surface area (Å²) in [5.41, 5.74) is 2.67. The Morgan fingerprint density at radius 3 is 2.52 bits per heavy atom. The molecule has 2 aromatic rings. The zero-order chi connectivity index (χ0) is 22.8. The number of rotatable bonds is 9. The molecule has 0 spiro atoms. The van der Waals surface area contributed by atoms with Crippen LogP contribution in [0.1, 0.15) is 57.4 Å². The number of hydrogen-bond acceptors (Lipinski definition) is 4. The Morgan fingerprint density at radius 2 is 1.94 bits per heavy atom. The highest BCUT2D eigenvalue weighted by Gasteiger charge is 2.33. The third-order valence-corrected chi connectivity index (χ3v) is 7.25. The van der Waals surface area contributed by atoms with Gasteiger partial charge in [0.05, 0.1) is 24.2 Å². The van der Waals surface area contributed by atoms with E-state index in [9.17, 15) is 8.42 Å². The van der Waals surface area contributed by atoms with Gasteiger partial charge in [-0.05, 0) is 62.9 Å². The third-order valence-electron chi connectivity index (χ3n) is 5.33. The number of aryl methyl sites for hydroxylation is 1. The van der Waals surface area contributed by atoms with Gasteiger partial charge in [-0.2, -0.15) is 0 Å². The molecule has 6 nitrogen and oxygen atoms in total. The molecule has 31 heavy (non-hydrogen) atoms. The lowest BCUT2D eigenvalue weighted by molar-refractivity contribution is 0.367. The first-order valence-corrected chi connectivity index (χ1v) is 13.0. The molecule has 0 bridgehead atoms. The summed E-state index contributed by atoms with van der Waals surface area (Å²) in [6, 6.07) is 8.26. The van der Waals surface area contributed by atoms with Crippen molar-refractivity contribution in [1.82, 2.24) is 19.8 Å². The van der Waals surface area contributed by atoms with E-state index in [-0.39, 0.29) is 22.9 Å². The van der Waals surface area contributed by atoms with Crippen LogP contribution in [-0.2, 0) is 28.7 Å². The molecule has 1 saturated carbocycles. The van der Waals surface area contributed by atoms with Crippen LogP contribution in [-0.4, -0.2) is 40.1 Å². The average Bonchev–Trinajstić information content (AvgIpc) is 3.42. The lowest BCUT2D eigenvalue weighted by atomic mass is 10.1. The second-order valence-corrected chi connectivity index (χ2v) is 11.5. The summed E-state index contributed by atoms with van der Waals surface area (Å²) in [7, 11) is -3.59. The minimum Gasteiger partial charge on any atom is -0.360 e. The number of nitrogens with one attached hydrogen (secondary N) is 1. The molecule has 0 saturated heterocycles. The van der Waals surface area contributed by atoms with Gasteiger partial charge in [0, 0.05) is 18.6 Å². The van der Waals surface area contributed by atoms with Crippen LogP contribution >= 0.6 is 12.2 Å². The van der Waals surface area contributed by atoms with Crippen molar-refractivity contribution in [2.24, 2.45) is 5.92 Å². The summed E-state index contributed by atoms with van der Waals surface area (Å²) in [5.74, 6) is 0.240. The molecule has 1 aromatic heterocycles. The average molecular weight is 463 g/mol. The van der Waals surface area contributed by atoms with Crippen molar-refractivity contribution < 1.29 is 8.42 Å². The van der Waals surface area contributed by atoms with Crippen molar-refractivity contribution in [3.63, 3.8) is 0 Å². The van der Waals surface area contributed by atoms with Gasteiger partial charge >= 0.3 is 0 Å². The molecule has 0 radical (unpaired) electrons. The standard InChI is InChI=1S/C23H34N4O2S2/c1-16(2)13-27-21(14-26(20-10-11-20)22(30)25-17(3)4)12-24-23(27)31(28,29)15-19-9-7-6-8-18(19)5/h6-9,12,16-17,20H,10-11,13-15H2,1-5H3,(H,25,30). The van der Waals surface area contributed by atoms with E-state index in [2.05, 4.69) is 42.9 Å². The Bertz CT molecular complexity index is 1020. The molecule has 0 atom stereocenters. The number of imidazole rings is 1. The zero-order valence-electron chi connectivity index (χ0n) is 19.1. The first-order chi connectivity index (χ1) is 14.6. The Kier molecular flexibility index (Phi) is 7.42. The van der Waals surface area contributed by atoms with Crippen molar-refractivity contribution in [1.29, 1.82) is 0 Å². The minimum absolute atomic E-state index is 0.0477.